The maximum Gasteiger partial charge on any atom is 0.272 e. The van der Waals surface area contributed by atoms with Crippen LogP contribution in [0.2, 0.25) is 0 Å². The molecule has 1 rings (SSSR count). The number of rotatable bonds is 5. The number of aromatic nitrogens is 2. The maximum absolute atomic E-state index is 11.9. The number of aliphatic hydroxyl groups excluding tert-OH is 1. The molecule has 1 aromatic heterocycles. The Balaban J connectivity index is 2.84. The van der Waals surface area contributed by atoms with E-state index in [0.29, 0.717) is 5.82 Å². The van der Waals surface area contributed by atoms with Crippen LogP contribution < -0.4 is 4.74 Å². The molecule has 0 aliphatic rings. The summed E-state index contributed by atoms with van der Waals surface area (Å²) in [6.07, 6.45) is -1.24. The highest BCUT2D eigenvalue weighted by Crippen LogP contribution is 2.18. The van der Waals surface area contributed by atoms with Crippen molar-refractivity contribution >= 4 is 0 Å². The van der Waals surface area contributed by atoms with Crippen molar-refractivity contribution in [2.24, 2.45) is 0 Å². The van der Waals surface area contributed by atoms with Crippen LogP contribution in [-0.2, 0) is 6.61 Å². The molecule has 90 valence electrons. The fraction of sp³-hybridized carbons (Fsp3) is 0.600. The van der Waals surface area contributed by atoms with Crippen LogP contribution in [0.3, 0.4) is 0 Å². The maximum atomic E-state index is 11.9. The minimum Gasteiger partial charge on any atom is -0.484 e. The smallest absolute Gasteiger partial charge is 0.272 e. The largest absolute Gasteiger partial charge is 0.484 e. The summed E-state index contributed by atoms with van der Waals surface area (Å²) in [5.41, 5.74) is 0.236. The van der Waals surface area contributed by atoms with Crippen LogP contribution in [0.15, 0.2) is 6.20 Å². The topological polar surface area (TPSA) is 55.2 Å². The molecule has 0 atom stereocenters. The summed E-state index contributed by atoms with van der Waals surface area (Å²) in [6, 6.07) is 0. The average molecular weight is 232 g/mol. The third-order valence-corrected chi connectivity index (χ3v) is 1.88. The normalized spacial score (nSPS) is 11.2. The van der Waals surface area contributed by atoms with Crippen molar-refractivity contribution in [1.29, 1.82) is 0 Å². The van der Waals surface area contributed by atoms with Crippen molar-refractivity contribution in [3.8, 4) is 5.75 Å². The van der Waals surface area contributed by atoms with Gasteiger partial charge >= 0.3 is 0 Å². The molecule has 1 heterocycles. The highest BCUT2D eigenvalue weighted by molar-refractivity contribution is 5.24. The quantitative estimate of drug-likeness (QED) is 0.840. The SMILES string of the molecule is CC(C)c1ncc(OCC(F)F)c(CO)n1. The molecule has 0 aliphatic carbocycles. The molecule has 0 radical (unpaired) electrons. The van der Waals surface area contributed by atoms with E-state index in [1.165, 1.54) is 6.20 Å². The minimum absolute atomic E-state index is 0.104. The van der Waals surface area contributed by atoms with E-state index in [-0.39, 0.29) is 24.0 Å². The van der Waals surface area contributed by atoms with Crippen molar-refractivity contribution in [1.82, 2.24) is 9.97 Å². The zero-order valence-corrected chi connectivity index (χ0v) is 9.15. The van der Waals surface area contributed by atoms with Gasteiger partial charge < -0.3 is 9.84 Å². The molecule has 0 unspecified atom stereocenters. The van der Waals surface area contributed by atoms with E-state index in [0.717, 1.165) is 0 Å². The van der Waals surface area contributed by atoms with Gasteiger partial charge in [-0.2, -0.15) is 0 Å². The molecule has 0 fully saturated rings. The van der Waals surface area contributed by atoms with E-state index in [2.05, 4.69) is 9.97 Å². The third kappa shape index (κ3) is 3.37. The van der Waals surface area contributed by atoms with Gasteiger partial charge in [0.15, 0.2) is 5.75 Å². The highest BCUT2D eigenvalue weighted by atomic mass is 19.3. The monoisotopic (exact) mass is 232 g/mol. The third-order valence-electron chi connectivity index (χ3n) is 1.88. The van der Waals surface area contributed by atoms with Gasteiger partial charge in [0, 0.05) is 5.92 Å². The van der Waals surface area contributed by atoms with Crippen molar-refractivity contribution in [3.63, 3.8) is 0 Å². The number of nitrogens with zero attached hydrogens (tertiary/aromatic N) is 2. The van der Waals surface area contributed by atoms with E-state index in [4.69, 9.17) is 9.84 Å². The number of ether oxygens (including phenoxy) is 1. The van der Waals surface area contributed by atoms with Gasteiger partial charge in [0.1, 0.15) is 18.1 Å². The Morgan fingerprint density at radius 3 is 2.62 bits per heavy atom. The first kappa shape index (κ1) is 12.8. The van der Waals surface area contributed by atoms with Crippen LogP contribution in [0.4, 0.5) is 8.78 Å². The van der Waals surface area contributed by atoms with Gasteiger partial charge in [0.2, 0.25) is 0 Å². The summed E-state index contributed by atoms with van der Waals surface area (Å²) in [5.74, 6) is 0.759. The Morgan fingerprint density at radius 2 is 2.12 bits per heavy atom. The van der Waals surface area contributed by atoms with Crippen molar-refractivity contribution in [2.75, 3.05) is 6.61 Å². The lowest BCUT2D eigenvalue weighted by Crippen LogP contribution is -2.11. The lowest BCUT2D eigenvalue weighted by molar-refractivity contribution is 0.0800. The summed E-state index contributed by atoms with van der Waals surface area (Å²) in [5, 5.41) is 9.03. The van der Waals surface area contributed by atoms with Gasteiger partial charge in [0.05, 0.1) is 12.8 Å². The van der Waals surface area contributed by atoms with E-state index >= 15 is 0 Å². The van der Waals surface area contributed by atoms with Crippen molar-refractivity contribution in [3.05, 3.63) is 17.7 Å². The molecule has 4 nitrogen and oxygen atoms in total. The first-order valence-corrected chi connectivity index (χ1v) is 4.92. The number of alkyl halides is 2. The fourth-order valence-corrected chi connectivity index (χ4v) is 1.09. The Morgan fingerprint density at radius 1 is 1.44 bits per heavy atom. The Bertz CT molecular complexity index is 346. The average Bonchev–Trinajstić information content (AvgIpc) is 2.25. The molecule has 0 spiro atoms. The van der Waals surface area contributed by atoms with E-state index in [1.807, 2.05) is 13.8 Å². The molecule has 6 heteroatoms. The van der Waals surface area contributed by atoms with Gasteiger partial charge in [-0.05, 0) is 0 Å². The number of halogens is 2. The van der Waals surface area contributed by atoms with E-state index in [1.54, 1.807) is 0 Å². The standard InChI is InChI=1S/C10H14F2N2O2/c1-6(2)10-13-3-8(7(4-15)14-10)16-5-9(11)12/h3,6,9,15H,4-5H2,1-2H3. The molecule has 16 heavy (non-hydrogen) atoms. The van der Waals surface area contributed by atoms with E-state index in [9.17, 15) is 8.78 Å². The van der Waals surface area contributed by atoms with Crippen molar-refractivity contribution in [2.45, 2.75) is 32.8 Å². The number of hydrogen-bond acceptors (Lipinski definition) is 4. The summed E-state index contributed by atoms with van der Waals surface area (Å²) >= 11 is 0. The number of hydrogen-bond donors (Lipinski definition) is 1. The minimum atomic E-state index is -2.56. The molecular formula is C10H14F2N2O2. The van der Waals surface area contributed by atoms with Gasteiger partial charge in [-0.25, -0.2) is 18.7 Å². The predicted octanol–water partition coefficient (Wildman–Crippen LogP) is 1.74. The molecule has 1 aromatic rings. The molecule has 0 aromatic carbocycles. The zero-order valence-electron chi connectivity index (χ0n) is 9.15. The van der Waals surface area contributed by atoms with Crippen LogP contribution in [-0.4, -0.2) is 28.1 Å². The summed E-state index contributed by atoms with van der Waals surface area (Å²) in [7, 11) is 0. The Hall–Kier alpha value is -1.30. The fourth-order valence-electron chi connectivity index (χ4n) is 1.09. The van der Waals surface area contributed by atoms with Crippen LogP contribution in [0.25, 0.3) is 0 Å². The van der Waals surface area contributed by atoms with Gasteiger partial charge in [-0.3, -0.25) is 0 Å². The second-order valence-corrected chi connectivity index (χ2v) is 3.55. The van der Waals surface area contributed by atoms with Crippen LogP contribution in [0, 0.1) is 0 Å². The lowest BCUT2D eigenvalue weighted by atomic mass is 10.2. The van der Waals surface area contributed by atoms with Crippen LogP contribution >= 0.6 is 0 Å². The van der Waals surface area contributed by atoms with Gasteiger partial charge in [0.25, 0.3) is 6.43 Å². The van der Waals surface area contributed by atoms with Crippen molar-refractivity contribution < 1.29 is 18.6 Å². The van der Waals surface area contributed by atoms with Crippen LogP contribution in [0.5, 0.6) is 5.75 Å². The second kappa shape index (κ2) is 5.69. The molecule has 0 aliphatic heterocycles. The molecule has 0 saturated carbocycles. The molecule has 1 N–H and O–H groups in total. The molecular weight excluding hydrogens is 218 g/mol. The first-order chi connectivity index (χ1) is 7.54. The van der Waals surface area contributed by atoms with Gasteiger partial charge in [-0.15, -0.1) is 0 Å². The van der Waals surface area contributed by atoms with E-state index < -0.39 is 13.0 Å². The molecule has 0 bridgehead atoms. The second-order valence-electron chi connectivity index (χ2n) is 3.55. The first-order valence-electron chi connectivity index (χ1n) is 4.92. The summed E-state index contributed by atoms with van der Waals surface area (Å²) < 4.78 is 28.7. The molecule has 0 amide bonds. The summed E-state index contributed by atoms with van der Waals surface area (Å²) in [6.45, 7) is 2.71. The van der Waals surface area contributed by atoms with Gasteiger partial charge in [-0.1, -0.05) is 13.8 Å². The molecule has 0 saturated heterocycles. The lowest BCUT2D eigenvalue weighted by Gasteiger charge is -2.11. The Labute approximate surface area is 92.3 Å². The Kier molecular flexibility index (Phi) is 4.54. The predicted molar refractivity (Wildman–Crippen MR) is 53.5 cm³/mol. The zero-order chi connectivity index (χ0) is 12.1. The number of aliphatic hydroxyl groups is 1. The highest BCUT2D eigenvalue weighted by Gasteiger charge is 2.12. The van der Waals surface area contributed by atoms with Crippen LogP contribution in [0.1, 0.15) is 31.3 Å². The summed E-state index contributed by atoms with van der Waals surface area (Å²) in [4.78, 5) is 8.01.